The van der Waals surface area contributed by atoms with Gasteiger partial charge < -0.3 is 15.7 Å². The molecule has 2 amide bonds. The van der Waals surface area contributed by atoms with E-state index in [-0.39, 0.29) is 12.5 Å². The quantitative estimate of drug-likeness (QED) is 0.720. The highest BCUT2D eigenvalue weighted by atomic mass is 16.4. The molecule has 0 saturated heterocycles. The molecule has 3 fully saturated rings. The average Bonchev–Trinajstić information content (AvgIpc) is 2.74. The molecule has 4 atom stereocenters. The molecule has 3 rings (SSSR count). The molecular weight excluding hydrogens is 256 g/mol. The molecule has 2 bridgehead atoms. The SMILES string of the molecule is CC(C)(CCC(=O)O)NC(=O)NC1C2C3CCC(C3)C12. The van der Waals surface area contributed by atoms with Gasteiger partial charge in [-0.1, -0.05) is 0 Å². The zero-order valence-corrected chi connectivity index (χ0v) is 12.2. The van der Waals surface area contributed by atoms with E-state index in [1.165, 1.54) is 19.3 Å². The third-order valence-electron chi connectivity index (χ3n) is 5.45. The molecular formula is C15H24N2O3. The van der Waals surface area contributed by atoms with Gasteiger partial charge in [0.1, 0.15) is 0 Å². The smallest absolute Gasteiger partial charge is 0.315 e. The molecule has 112 valence electrons. The van der Waals surface area contributed by atoms with Crippen LogP contribution in [0.5, 0.6) is 0 Å². The lowest BCUT2D eigenvalue weighted by molar-refractivity contribution is -0.137. The van der Waals surface area contributed by atoms with Crippen molar-refractivity contribution in [1.82, 2.24) is 10.6 Å². The molecule has 3 aliphatic carbocycles. The van der Waals surface area contributed by atoms with Crippen LogP contribution in [-0.2, 0) is 4.79 Å². The van der Waals surface area contributed by atoms with E-state index < -0.39 is 11.5 Å². The third-order valence-corrected chi connectivity index (χ3v) is 5.45. The molecule has 0 aromatic heterocycles. The first kappa shape index (κ1) is 13.7. The van der Waals surface area contributed by atoms with Crippen molar-refractivity contribution in [3.63, 3.8) is 0 Å². The van der Waals surface area contributed by atoms with E-state index in [4.69, 9.17) is 5.11 Å². The summed E-state index contributed by atoms with van der Waals surface area (Å²) in [5, 5.41) is 14.7. The second-order valence-electron chi connectivity index (χ2n) is 7.39. The van der Waals surface area contributed by atoms with Crippen LogP contribution in [0.4, 0.5) is 4.79 Å². The maximum absolute atomic E-state index is 12.0. The Morgan fingerprint density at radius 3 is 2.35 bits per heavy atom. The summed E-state index contributed by atoms with van der Waals surface area (Å²) in [7, 11) is 0. The minimum Gasteiger partial charge on any atom is -0.481 e. The van der Waals surface area contributed by atoms with Gasteiger partial charge in [-0.15, -0.1) is 0 Å². The third kappa shape index (κ3) is 2.50. The fraction of sp³-hybridized carbons (Fsp3) is 0.867. The molecule has 0 aliphatic heterocycles. The Hall–Kier alpha value is -1.26. The van der Waals surface area contributed by atoms with Crippen LogP contribution >= 0.6 is 0 Å². The zero-order chi connectivity index (χ0) is 14.5. The van der Waals surface area contributed by atoms with Gasteiger partial charge in [0.15, 0.2) is 0 Å². The number of nitrogens with one attached hydrogen (secondary N) is 2. The largest absolute Gasteiger partial charge is 0.481 e. The number of aliphatic carboxylic acids is 1. The van der Waals surface area contributed by atoms with Crippen molar-refractivity contribution >= 4 is 12.0 Å². The van der Waals surface area contributed by atoms with E-state index in [1.807, 2.05) is 13.8 Å². The minimum atomic E-state index is -0.825. The van der Waals surface area contributed by atoms with E-state index in [1.54, 1.807) is 0 Å². The van der Waals surface area contributed by atoms with Crippen molar-refractivity contribution in [1.29, 1.82) is 0 Å². The number of hydrogen-bond acceptors (Lipinski definition) is 2. The predicted octanol–water partition coefficient (Wildman–Crippen LogP) is 1.97. The van der Waals surface area contributed by atoms with Gasteiger partial charge in [0.25, 0.3) is 0 Å². The van der Waals surface area contributed by atoms with Gasteiger partial charge in [-0.25, -0.2) is 4.79 Å². The highest BCUT2D eigenvalue weighted by molar-refractivity contribution is 5.76. The molecule has 0 radical (unpaired) electrons. The van der Waals surface area contributed by atoms with Crippen molar-refractivity contribution in [2.24, 2.45) is 23.7 Å². The molecule has 5 nitrogen and oxygen atoms in total. The lowest BCUT2D eigenvalue weighted by Crippen LogP contribution is -2.49. The molecule has 0 aromatic carbocycles. The number of carbonyl (C=O) groups is 2. The van der Waals surface area contributed by atoms with Crippen LogP contribution in [0.2, 0.25) is 0 Å². The van der Waals surface area contributed by atoms with Gasteiger partial charge in [0, 0.05) is 18.0 Å². The van der Waals surface area contributed by atoms with Crippen LogP contribution in [0.1, 0.15) is 46.0 Å². The van der Waals surface area contributed by atoms with Gasteiger partial charge in [0.2, 0.25) is 0 Å². The Morgan fingerprint density at radius 2 is 1.80 bits per heavy atom. The van der Waals surface area contributed by atoms with Gasteiger partial charge in [-0.2, -0.15) is 0 Å². The fourth-order valence-electron chi connectivity index (χ4n) is 4.50. The number of rotatable bonds is 5. The molecule has 3 N–H and O–H groups in total. The van der Waals surface area contributed by atoms with E-state index in [2.05, 4.69) is 10.6 Å². The van der Waals surface area contributed by atoms with Gasteiger partial charge in [-0.05, 0) is 63.2 Å². The first-order valence-electron chi connectivity index (χ1n) is 7.68. The van der Waals surface area contributed by atoms with E-state index in [9.17, 15) is 9.59 Å². The zero-order valence-electron chi connectivity index (χ0n) is 12.2. The summed E-state index contributed by atoms with van der Waals surface area (Å²) in [5.41, 5.74) is -0.481. The molecule has 0 heterocycles. The minimum absolute atomic E-state index is 0.0755. The number of carboxylic acids is 1. The highest BCUT2D eigenvalue weighted by Gasteiger charge is 2.65. The molecule has 0 spiro atoms. The summed E-state index contributed by atoms with van der Waals surface area (Å²) >= 11 is 0. The van der Waals surface area contributed by atoms with Crippen molar-refractivity contribution in [3.05, 3.63) is 0 Å². The summed E-state index contributed by atoms with van der Waals surface area (Å²) in [5.74, 6) is 2.31. The lowest BCUT2D eigenvalue weighted by Gasteiger charge is -2.26. The second kappa shape index (κ2) is 4.64. The number of fused-ring (bicyclic) bond motifs is 5. The lowest BCUT2D eigenvalue weighted by atomic mass is 9.99. The van der Waals surface area contributed by atoms with Gasteiger partial charge in [-0.3, -0.25) is 4.79 Å². The molecule has 20 heavy (non-hydrogen) atoms. The summed E-state index contributed by atoms with van der Waals surface area (Å²) in [6.07, 6.45) is 4.58. The van der Waals surface area contributed by atoms with Crippen LogP contribution in [0.3, 0.4) is 0 Å². The Labute approximate surface area is 119 Å². The Bertz CT molecular complexity index is 419. The van der Waals surface area contributed by atoms with Gasteiger partial charge in [0.05, 0.1) is 0 Å². The highest BCUT2D eigenvalue weighted by Crippen LogP contribution is 2.65. The molecule has 0 aromatic rings. The molecule has 5 heteroatoms. The van der Waals surface area contributed by atoms with Crippen LogP contribution < -0.4 is 10.6 Å². The Kier molecular flexibility index (Phi) is 3.18. The fourth-order valence-corrected chi connectivity index (χ4v) is 4.50. The monoisotopic (exact) mass is 280 g/mol. The first-order chi connectivity index (χ1) is 9.37. The number of urea groups is 1. The van der Waals surface area contributed by atoms with Crippen LogP contribution in [-0.4, -0.2) is 28.7 Å². The number of hydrogen-bond donors (Lipinski definition) is 3. The van der Waals surface area contributed by atoms with Crippen molar-refractivity contribution in [2.75, 3.05) is 0 Å². The van der Waals surface area contributed by atoms with Crippen molar-refractivity contribution < 1.29 is 14.7 Å². The van der Waals surface area contributed by atoms with E-state index >= 15 is 0 Å². The van der Waals surface area contributed by atoms with Crippen LogP contribution in [0, 0.1) is 23.7 Å². The second-order valence-corrected chi connectivity index (χ2v) is 7.39. The summed E-state index contributed by atoms with van der Waals surface area (Å²) < 4.78 is 0. The summed E-state index contributed by atoms with van der Waals surface area (Å²) in [6, 6.07) is 0.232. The Morgan fingerprint density at radius 1 is 1.20 bits per heavy atom. The maximum atomic E-state index is 12.0. The Balaban J connectivity index is 1.45. The van der Waals surface area contributed by atoms with E-state index in [0.29, 0.717) is 12.5 Å². The van der Waals surface area contributed by atoms with Crippen LogP contribution in [0.25, 0.3) is 0 Å². The normalized spacial score (nSPS) is 37.4. The number of carboxylic acid groups (broad SMARTS) is 1. The van der Waals surface area contributed by atoms with Gasteiger partial charge >= 0.3 is 12.0 Å². The molecule has 3 aliphatic rings. The van der Waals surface area contributed by atoms with E-state index in [0.717, 1.165) is 23.7 Å². The predicted molar refractivity (Wildman–Crippen MR) is 74.2 cm³/mol. The van der Waals surface area contributed by atoms with Crippen molar-refractivity contribution in [3.8, 4) is 0 Å². The topological polar surface area (TPSA) is 78.4 Å². The molecule has 3 saturated carbocycles. The van der Waals surface area contributed by atoms with Crippen LogP contribution in [0.15, 0.2) is 0 Å². The molecule has 4 unspecified atom stereocenters. The summed E-state index contributed by atoms with van der Waals surface area (Å²) in [4.78, 5) is 22.7. The summed E-state index contributed by atoms with van der Waals surface area (Å²) in [6.45, 7) is 3.74. The first-order valence-corrected chi connectivity index (χ1v) is 7.68. The number of amides is 2. The van der Waals surface area contributed by atoms with Crippen molar-refractivity contribution in [2.45, 2.75) is 57.5 Å². The maximum Gasteiger partial charge on any atom is 0.315 e. The average molecular weight is 280 g/mol. The number of carbonyl (C=O) groups excluding carboxylic acids is 1. The standard InChI is InChI=1S/C15H24N2O3/c1-15(2,6-5-10(18)19)17-14(20)16-13-11-8-3-4-9(7-8)12(11)13/h8-9,11-13H,3-7H2,1-2H3,(H,18,19)(H2,16,17,20).